The molecule has 2 fully saturated rings. The van der Waals surface area contributed by atoms with Crippen LogP contribution in [-0.4, -0.2) is 36.2 Å². The summed E-state index contributed by atoms with van der Waals surface area (Å²) in [6.07, 6.45) is 1.55. The molecular formula is C16H27IN4OS. The molecule has 0 spiro atoms. The summed E-state index contributed by atoms with van der Waals surface area (Å²) in [4.78, 5) is 9.17. The molecule has 0 bridgehead atoms. The van der Waals surface area contributed by atoms with Crippen molar-refractivity contribution < 1.29 is 4.74 Å². The summed E-state index contributed by atoms with van der Waals surface area (Å²) in [6, 6.07) is 0.427. The third-order valence-corrected chi connectivity index (χ3v) is 5.73. The Bertz CT molecular complexity index is 560. The predicted octanol–water partition coefficient (Wildman–Crippen LogP) is 2.94. The molecule has 23 heavy (non-hydrogen) atoms. The van der Waals surface area contributed by atoms with Crippen molar-refractivity contribution in [3.05, 3.63) is 16.1 Å². The molecule has 3 unspecified atom stereocenters. The van der Waals surface area contributed by atoms with Crippen molar-refractivity contribution in [2.75, 3.05) is 13.2 Å². The average molecular weight is 450 g/mol. The highest BCUT2D eigenvalue weighted by atomic mass is 127. The zero-order chi connectivity index (χ0) is 15.7. The number of aliphatic imine (C=N–C) groups is 1. The number of hydrogen-bond acceptors (Lipinski definition) is 4. The van der Waals surface area contributed by atoms with Gasteiger partial charge >= 0.3 is 0 Å². The molecule has 3 atom stereocenters. The van der Waals surface area contributed by atoms with Crippen LogP contribution in [0.15, 0.2) is 10.4 Å². The summed E-state index contributed by atoms with van der Waals surface area (Å²) in [5.74, 6) is 1.50. The topological polar surface area (TPSA) is 58.5 Å². The lowest BCUT2D eigenvalue weighted by atomic mass is 9.57. The van der Waals surface area contributed by atoms with E-state index < -0.39 is 0 Å². The molecule has 130 valence electrons. The fraction of sp³-hybridized carbons (Fsp3) is 0.750. The van der Waals surface area contributed by atoms with Crippen LogP contribution in [0.4, 0.5) is 0 Å². The van der Waals surface area contributed by atoms with Gasteiger partial charge in [0.05, 0.1) is 12.6 Å². The van der Waals surface area contributed by atoms with Crippen molar-refractivity contribution in [1.29, 1.82) is 0 Å². The van der Waals surface area contributed by atoms with E-state index in [0.717, 1.165) is 36.2 Å². The van der Waals surface area contributed by atoms with E-state index in [1.807, 2.05) is 6.92 Å². The molecule has 7 heteroatoms. The Labute approximate surface area is 159 Å². The van der Waals surface area contributed by atoms with Crippen molar-refractivity contribution in [2.24, 2.45) is 16.3 Å². The van der Waals surface area contributed by atoms with Gasteiger partial charge in [-0.05, 0) is 20.3 Å². The summed E-state index contributed by atoms with van der Waals surface area (Å²) in [5.41, 5.74) is 1.23. The van der Waals surface area contributed by atoms with Gasteiger partial charge in [0.25, 0.3) is 0 Å². The second-order valence-corrected chi connectivity index (χ2v) is 7.71. The van der Waals surface area contributed by atoms with E-state index in [1.165, 1.54) is 0 Å². The van der Waals surface area contributed by atoms with E-state index in [0.29, 0.717) is 24.6 Å². The van der Waals surface area contributed by atoms with Gasteiger partial charge in [-0.1, -0.05) is 13.8 Å². The van der Waals surface area contributed by atoms with Gasteiger partial charge in [-0.25, -0.2) is 9.98 Å². The average Bonchev–Trinajstić information content (AvgIpc) is 3.09. The molecule has 1 saturated carbocycles. The Balaban J connectivity index is 0.00000192. The molecule has 0 aromatic carbocycles. The number of aromatic nitrogens is 1. The van der Waals surface area contributed by atoms with E-state index in [-0.39, 0.29) is 29.4 Å². The maximum Gasteiger partial charge on any atom is 0.191 e. The monoisotopic (exact) mass is 450 g/mol. The molecule has 0 radical (unpaired) electrons. The van der Waals surface area contributed by atoms with Crippen LogP contribution in [0.1, 0.15) is 37.9 Å². The standard InChI is InChI=1S/C16H26N4OS.HI/c1-5-17-15(18-8-12-19-10(2)9-22-12)20-13-11-6-7-21-14(11)16(13,3)4;/h9,11,13-14H,5-8H2,1-4H3,(H2,17,18,20);1H. The third-order valence-electron chi connectivity index (χ3n) is 4.78. The van der Waals surface area contributed by atoms with Gasteiger partial charge in [-0.15, -0.1) is 35.3 Å². The molecule has 1 aromatic rings. The second-order valence-electron chi connectivity index (χ2n) is 6.77. The van der Waals surface area contributed by atoms with E-state index in [1.54, 1.807) is 11.3 Å². The lowest BCUT2D eigenvalue weighted by molar-refractivity contribution is -0.106. The number of aryl methyl sites for hydroxylation is 1. The van der Waals surface area contributed by atoms with Crippen LogP contribution >= 0.6 is 35.3 Å². The summed E-state index contributed by atoms with van der Waals surface area (Å²) >= 11 is 1.67. The van der Waals surface area contributed by atoms with E-state index in [4.69, 9.17) is 9.73 Å². The molecule has 1 aromatic heterocycles. The number of nitrogens with zero attached hydrogens (tertiary/aromatic N) is 2. The Hall–Kier alpha value is -0.410. The number of thiazole rings is 1. The van der Waals surface area contributed by atoms with Crippen molar-refractivity contribution in [3.63, 3.8) is 0 Å². The smallest absolute Gasteiger partial charge is 0.191 e. The van der Waals surface area contributed by atoms with Crippen LogP contribution in [0, 0.1) is 18.3 Å². The van der Waals surface area contributed by atoms with Gasteiger partial charge in [0.15, 0.2) is 5.96 Å². The van der Waals surface area contributed by atoms with Crippen LogP contribution in [0.5, 0.6) is 0 Å². The highest BCUT2D eigenvalue weighted by Gasteiger charge is 2.59. The molecule has 1 aliphatic heterocycles. The molecule has 2 aliphatic rings. The number of halogens is 1. The van der Waals surface area contributed by atoms with Gasteiger partial charge in [-0.2, -0.15) is 0 Å². The maximum atomic E-state index is 5.86. The van der Waals surface area contributed by atoms with Crippen LogP contribution < -0.4 is 10.6 Å². The molecule has 2 N–H and O–H groups in total. The first-order chi connectivity index (χ1) is 10.5. The summed E-state index contributed by atoms with van der Waals surface area (Å²) < 4.78 is 5.86. The minimum absolute atomic E-state index is 0. The summed E-state index contributed by atoms with van der Waals surface area (Å²) in [7, 11) is 0. The Morgan fingerprint density at radius 1 is 1.52 bits per heavy atom. The number of ether oxygens (including phenoxy) is 1. The van der Waals surface area contributed by atoms with Crippen molar-refractivity contribution in [3.8, 4) is 0 Å². The number of rotatable bonds is 4. The largest absolute Gasteiger partial charge is 0.377 e. The molecule has 1 saturated heterocycles. The number of fused-ring (bicyclic) bond motifs is 1. The van der Waals surface area contributed by atoms with Crippen LogP contribution in [0.2, 0.25) is 0 Å². The summed E-state index contributed by atoms with van der Waals surface area (Å²) in [5, 5.41) is 10.1. The van der Waals surface area contributed by atoms with Crippen molar-refractivity contribution in [1.82, 2.24) is 15.6 Å². The maximum absolute atomic E-state index is 5.86. The molecule has 2 heterocycles. The minimum Gasteiger partial charge on any atom is -0.377 e. The van der Waals surface area contributed by atoms with Crippen molar-refractivity contribution in [2.45, 2.75) is 52.8 Å². The third kappa shape index (κ3) is 3.82. The van der Waals surface area contributed by atoms with Gasteiger partial charge < -0.3 is 15.4 Å². The molecule has 5 nitrogen and oxygen atoms in total. The molecule has 0 amide bonds. The van der Waals surface area contributed by atoms with Gasteiger partial charge in [0.2, 0.25) is 0 Å². The van der Waals surface area contributed by atoms with Crippen LogP contribution in [0.3, 0.4) is 0 Å². The number of guanidine groups is 1. The fourth-order valence-electron chi connectivity index (χ4n) is 3.71. The molecular weight excluding hydrogens is 423 g/mol. The Morgan fingerprint density at radius 2 is 2.30 bits per heavy atom. The number of hydrogen-bond donors (Lipinski definition) is 2. The zero-order valence-electron chi connectivity index (χ0n) is 14.3. The number of nitrogens with one attached hydrogen (secondary N) is 2. The first-order valence-electron chi connectivity index (χ1n) is 8.10. The highest BCUT2D eigenvalue weighted by molar-refractivity contribution is 14.0. The van der Waals surface area contributed by atoms with Gasteiger partial charge in [-0.3, -0.25) is 0 Å². The fourth-order valence-corrected chi connectivity index (χ4v) is 4.40. The first-order valence-corrected chi connectivity index (χ1v) is 8.97. The highest BCUT2D eigenvalue weighted by Crippen LogP contribution is 2.52. The van der Waals surface area contributed by atoms with Crippen LogP contribution in [-0.2, 0) is 11.3 Å². The molecule has 3 rings (SSSR count). The van der Waals surface area contributed by atoms with Crippen molar-refractivity contribution >= 4 is 41.3 Å². The van der Waals surface area contributed by atoms with Gasteiger partial charge in [0.1, 0.15) is 5.01 Å². The van der Waals surface area contributed by atoms with Crippen LogP contribution in [0.25, 0.3) is 0 Å². The lowest BCUT2D eigenvalue weighted by Gasteiger charge is -2.54. The van der Waals surface area contributed by atoms with Gasteiger partial charge in [0, 0.05) is 41.6 Å². The van der Waals surface area contributed by atoms with E-state index in [2.05, 4.69) is 41.8 Å². The van der Waals surface area contributed by atoms with E-state index in [9.17, 15) is 0 Å². The van der Waals surface area contributed by atoms with E-state index >= 15 is 0 Å². The first kappa shape index (κ1) is 18.9. The minimum atomic E-state index is 0. The predicted molar refractivity (Wildman–Crippen MR) is 106 cm³/mol. The Morgan fingerprint density at radius 3 is 2.96 bits per heavy atom. The normalized spacial score (nSPS) is 28.5. The summed E-state index contributed by atoms with van der Waals surface area (Å²) in [6.45, 7) is 11.1. The SMILES string of the molecule is CCNC(=NCc1nc(C)cs1)NC1C2CCOC2C1(C)C.I. The second kappa shape index (κ2) is 7.65. The Kier molecular flexibility index (Phi) is 6.29. The molecule has 1 aliphatic carbocycles. The quantitative estimate of drug-likeness (QED) is 0.421. The lowest BCUT2D eigenvalue weighted by Crippen LogP contribution is -2.67. The zero-order valence-corrected chi connectivity index (χ0v) is 17.4.